The van der Waals surface area contributed by atoms with Crippen LogP contribution in [0.2, 0.25) is 0 Å². The maximum Gasteiger partial charge on any atom is 0.457 e. The number of hydrogen-bond acceptors (Lipinski definition) is 2. The maximum absolute atomic E-state index is 15.3. The molecule has 0 aliphatic rings. The fourth-order valence-electron chi connectivity index (χ4n) is 2.64. The van der Waals surface area contributed by atoms with E-state index >= 15 is 4.39 Å². The van der Waals surface area contributed by atoms with Crippen molar-refractivity contribution < 1.29 is 43.9 Å². The number of hydrogen-bond donors (Lipinski definition) is 2. The van der Waals surface area contributed by atoms with Crippen LogP contribution in [0.5, 0.6) is 0 Å². The van der Waals surface area contributed by atoms with E-state index in [9.17, 15) is 39.5 Å². The summed E-state index contributed by atoms with van der Waals surface area (Å²) in [5.41, 5.74) is -0.964. The Balaban J connectivity index is 2.87. The van der Waals surface area contributed by atoms with Crippen LogP contribution >= 0.6 is 0 Å². The van der Waals surface area contributed by atoms with Crippen molar-refractivity contribution in [3.63, 3.8) is 0 Å². The lowest BCUT2D eigenvalue weighted by Crippen LogP contribution is -2.65. The van der Waals surface area contributed by atoms with Crippen molar-refractivity contribution in [3.8, 4) is 0 Å². The molecule has 0 radical (unpaired) electrons. The van der Waals surface area contributed by atoms with Gasteiger partial charge in [-0.1, -0.05) is 24.3 Å². The number of nitrogens with two attached hydrogens (primary N) is 2. The van der Waals surface area contributed by atoms with Gasteiger partial charge in [-0.3, -0.25) is 0 Å². The summed E-state index contributed by atoms with van der Waals surface area (Å²) in [6.07, 6.45) is -6.94. The third-order valence-corrected chi connectivity index (χ3v) is 4.15. The normalized spacial score (nSPS) is 15.8. The fourth-order valence-corrected chi connectivity index (χ4v) is 2.64. The Kier molecular flexibility index (Phi) is 5.23. The molecule has 1 unspecified atom stereocenters. The first-order chi connectivity index (χ1) is 13.0. The molecular formula is C17H12F10N2. The Morgan fingerprint density at radius 1 is 0.552 bits per heavy atom. The first-order valence-corrected chi connectivity index (χ1v) is 7.61. The Hall–Kier alpha value is -2.66. The number of rotatable bonds is 5. The van der Waals surface area contributed by atoms with Gasteiger partial charge in [0, 0.05) is 22.5 Å². The monoisotopic (exact) mass is 434 g/mol. The second kappa shape index (κ2) is 6.70. The molecule has 2 nitrogen and oxygen atoms in total. The topological polar surface area (TPSA) is 52.0 Å². The molecule has 1 atom stereocenters. The van der Waals surface area contributed by atoms with Crippen molar-refractivity contribution in [2.75, 3.05) is 11.5 Å². The predicted octanol–water partition coefficient (Wildman–Crippen LogP) is 5.64. The number of alkyl halides is 10. The van der Waals surface area contributed by atoms with Crippen molar-refractivity contribution in [2.45, 2.75) is 29.6 Å². The van der Waals surface area contributed by atoms with E-state index in [1.807, 2.05) is 0 Å². The van der Waals surface area contributed by atoms with Crippen LogP contribution < -0.4 is 11.5 Å². The van der Waals surface area contributed by atoms with Gasteiger partial charge in [0.15, 0.2) is 0 Å². The van der Waals surface area contributed by atoms with Gasteiger partial charge in [-0.25, -0.2) is 4.39 Å². The van der Waals surface area contributed by atoms with Gasteiger partial charge >= 0.3 is 23.9 Å². The zero-order valence-electron chi connectivity index (χ0n) is 14.1. The Morgan fingerprint density at radius 2 is 0.966 bits per heavy atom. The van der Waals surface area contributed by atoms with Gasteiger partial charge in [0.2, 0.25) is 0 Å². The van der Waals surface area contributed by atoms with Crippen LogP contribution in [0.4, 0.5) is 55.3 Å². The molecule has 0 aromatic heterocycles. The fraction of sp³-hybridized carbons (Fsp3) is 0.294. The summed E-state index contributed by atoms with van der Waals surface area (Å²) >= 11 is 0. The summed E-state index contributed by atoms with van der Waals surface area (Å²) in [5, 5.41) is 0. The van der Waals surface area contributed by atoms with Gasteiger partial charge < -0.3 is 11.5 Å². The van der Waals surface area contributed by atoms with Gasteiger partial charge in [0.25, 0.3) is 5.67 Å². The molecular weight excluding hydrogens is 422 g/mol. The molecule has 2 aromatic rings. The summed E-state index contributed by atoms with van der Waals surface area (Å²) < 4.78 is 140. The quantitative estimate of drug-likeness (QED) is 0.473. The average Bonchev–Trinajstić information content (AvgIpc) is 2.59. The Bertz CT molecular complexity index is 894. The van der Waals surface area contributed by atoms with Crippen LogP contribution in [0, 0.1) is 0 Å². The number of anilines is 2. The SMILES string of the molecule is Nc1cccc(C(F)(F)C(F)(F)C(F)(c2cccc(N)c2)C(F)(F)C(F)(F)F)c1. The third-order valence-electron chi connectivity index (χ3n) is 4.15. The molecule has 2 rings (SSSR count). The highest BCUT2D eigenvalue weighted by molar-refractivity contribution is 5.47. The summed E-state index contributed by atoms with van der Waals surface area (Å²) in [4.78, 5) is 0. The predicted molar refractivity (Wildman–Crippen MR) is 84.3 cm³/mol. The van der Waals surface area contributed by atoms with Crippen LogP contribution in [-0.2, 0) is 11.6 Å². The van der Waals surface area contributed by atoms with Crippen molar-refractivity contribution in [3.05, 3.63) is 59.7 Å². The number of nitrogen functional groups attached to an aromatic ring is 2. The standard InChI is InChI=1S/C17H12F10N2/c18-13(16(23,24)17(25,26)27,9-3-1-5-11(28)7-9)15(21,22)14(19,20)10-4-2-6-12(29)8-10/h1-8H,28-29H2. The van der Waals surface area contributed by atoms with Gasteiger partial charge in [0.1, 0.15) is 0 Å². The van der Waals surface area contributed by atoms with Gasteiger partial charge in [-0.2, -0.15) is 39.5 Å². The van der Waals surface area contributed by atoms with Crippen LogP contribution in [0.3, 0.4) is 0 Å². The van der Waals surface area contributed by atoms with Crippen LogP contribution in [-0.4, -0.2) is 18.0 Å². The van der Waals surface area contributed by atoms with Crippen molar-refractivity contribution >= 4 is 11.4 Å². The minimum Gasteiger partial charge on any atom is -0.399 e. The highest BCUT2D eigenvalue weighted by atomic mass is 19.4. The molecule has 29 heavy (non-hydrogen) atoms. The molecule has 160 valence electrons. The number of halogens is 10. The van der Waals surface area contributed by atoms with E-state index in [4.69, 9.17) is 11.5 Å². The van der Waals surface area contributed by atoms with Gasteiger partial charge in [-0.15, -0.1) is 0 Å². The van der Waals surface area contributed by atoms with Gasteiger partial charge in [0.05, 0.1) is 0 Å². The molecule has 0 heterocycles. The van der Waals surface area contributed by atoms with E-state index in [2.05, 4.69) is 0 Å². The molecule has 0 bridgehead atoms. The minimum atomic E-state index is -6.94. The van der Waals surface area contributed by atoms with Crippen molar-refractivity contribution in [2.24, 2.45) is 0 Å². The molecule has 4 N–H and O–H groups in total. The van der Waals surface area contributed by atoms with Crippen molar-refractivity contribution in [1.82, 2.24) is 0 Å². The maximum atomic E-state index is 15.3. The first-order valence-electron chi connectivity index (χ1n) is 7.61. The molecule has 0 saturated heterocycles. The van der Waals surface area contributed by atoms with E-state index in [0.29, 0.717) is 6.07 Å². The van der Waals surface area contributed by atoms with E-state index in [-0.39, 0.29) is 24.3 Å². The number of benzene rings is 2. The largest absolute Gasteiger partial charge is 0.457 e. The van der Waals surface area contributed by atoms with Crippen LogP contribution in [0.1, 0.15) is 11.1 Å². The lowest BCUT2D eigenvalue weighted by Gasteiger charge is -2.42. The molecule has 0 amide bonds. The Labute approximate surface area is 157 Å². The third kappa shape index (κ3) is 3.23. The molecule has 0 spiro atoms. The lowest BCUT2D eigenvalue weighted by atomic mass is 9.78. The molecule has 0 aliphatic carbocycles. The summed E-state index contributed by atoms with van der Waals surface area (Å²) in [5.74, 6) is -19.3. The smallest absolute Gasteiger partial charge is 0.399 e. The minimum absolute atomic E-state index is 0.00297. The zero-order chi connectivity index (χ0) is 22.5. The summed E-state index contributed by atoms with van der Waals surface area (Å²) in [6, 6.07) is 3.68. The van der Waals surface area contributed by atoms with Crippen LogP contribution in [0.15, 0.2) is 48.5 Å². The summed E-state index contributed by atoms with van der Waals surface area (Å²) in [6.45, 7) is 0. The van der Waals surface area contributed by atoms with E-state index in [1.54, 1.807) is 0 Å². The molecule has 0 fully saturated rings. The highest BCUT2D eigenvalue weighted by Gasteiger charge is 2.86. The molecule has 2 aromatic carbocycles. The van der Waals surface area contributed by atoms with Crippen LogP contribution in [0.25, 0.3) is 0 Å². The van der Waals surface area contributed by atoms with E-state index in [1.165, 1.54) is 0 Å². The van der Waals surface area contributed by atoms with E-state index < -0.39 is 52.1 Å². The average molecular weight is 434 g/mol. The second-order valence-corrected chi connectivity index (χ2v) is 6.13. The highest BCUT2D eigenvalue weighted by Crippen LogP contribution is 2.63. The van der Waals surface area contributed by atoms with Gasteiger partial charge in [-0.05, 0) is 24.3 Å². The zero-order valence-corrected chi connectivity index (χ0v) is 14.1. The van der Waals surface area contributed by atoms with E-state index in [0.717, 1.165) is 18.2 Å². The lowest BCUT2D eigenvalue weighted by molar-refractivity contribution is -0.396. The molecule has 12 heteroatoms. The second-order valence-electron chi connectivity index (χ2n) is 6.13. The molecule has 0 saturated carbocycles. The first kappa shape index (κ1) is 22.6. The Morgan fingerprint density at radius 3 is 1.38 bits per heavy atom. The summed E-state index contributed by atoms with van der Waals surface area (Å²) in [7, 11) is 0. The molecule has 0 aliphatic heterocycles. The van der Waals surface area contributed by atoms with Crippen molar-refractivity contribution in [1.29, 1.82) is 0 Å².